The highest BCUT2D eigenvalue weighted by atomic mass is 79.9. The molecule has 0 bridgehead atoms. The molecule has 1 N–H and O–H groups in total. The molecule has 0 radical (unpaired) electrons. The maximum atomic E-state index is 11.8. The van der Waals surface area contributed by atoms with Gasteiger partial charge in [0.15, 0.2) is 0 Å². The molecule has 5 nitrogen and oxygen atoms in total. The number of halogens is 1. The van der Waals surface area contributed by atoms with E-state index in [1.807, 2.05) is 24.3 Å². The van der Waals surface area contributed by atoms with E-state index in [0.717, 1.165) is 15.6 Å². The van der Waals surface area contributed by atoms with E-state index in [1.54, 1.807) is 12.1 Å². The highest BCUT2D eigenvalue weighted by Crippen LogP contribution is 2.13. The van der Waals surface area contributed by atoms with Crippen LogP contribution in [0.1, 0.15) is 11.1 Å². The van der Waals surface area contributed by atoms with Crippen molar-refractivity contribution < 1.29 is 9.72 Å². The molecule has 0 aliphatic carbocycles. The van der Waals surface area contributed by atoms with Crippen LogP contribution in [-0.4, -0.2) is 10.8 Å². The molecule has 2 aromatic carbocycles. The van der Waals surface area contributed by atoms with Crippen LogP contribution in [0.25, 0.3) is 0 Å². The molecule has 0 atom stereocenters. The molecular formula is C15H13BrN2O3. The van der Waals surface area contributed by atoms with Gasteiger partial charge in [-0.2, -0.15) is 0 Å². The van der Waals surface area contributed by atoms with Crippen LogP contribution in [0.3, 0.4) is 0 Å². The zero-order valence-electron chi connectivity index (χ0n) is 11.1. The lowest BCUT2D eigenvalue weighted by Gasteiger charge is -2.05. The third-order valence-electron chi connectivity index (χ3n) is 2.91. The molecule has 0 spiro atoms. The first kappa shape index (κ1) is 15.2. The standard InChI is InChI=1S/C15H13BrN2O3/c16-13-5-1-12(2-6-13)10-17-15(19)9-11-3-7-14(8-4-11)18(20)21/h1-8H,9-10H2,(H,17,19). The molecule has 0 aliphatic rings. The SMILES string of the molecule is O=C(Cc1ccc([N+](=O)[O-])cc1)NCc1ccc(Br)cc1. The van der Waals surface area contributed by atoms with Crippen LogP contribution in [0.2, 0.25) is 0 Å². The number of benzene rings is 2. The van der Waals surface area contributed by atoms with Crippen molar-refractivity contribution in [3.8, 4) is 0 Å². The van der Waals surface area contributed by atoms with E-state index < -0.39 is 4.92 Å². The number of carbonyl (C=O) groups is 1. The van der Waals surface area contributed by atoms with Gasteiger partial charge in [-0.15, -0.1) is 0 Å². The van der Waals surface area contributed by atoms with Gasteiger partial charge in [-0.05, 0) is 23.3 Å². The molecule has 2 rings (SSSR count). The lowest BCUT2D eigenvalue weighted by Crippen LogP contribution is -2.24. The van der Waals surface area contributed by atoms with E-state index in [2.05, 4.69) is 21.2 Å². The van der Waals surface area contributed by atoms with E-state index in [4.69, 9.17) is 0 Å². The number of rotatable bonds is 5. The van der Waals surface area contributed by atoms with E-state index in [0.29, 0.717) is 6.54 Å². The minimum absolute atomic E-state index is 0.0222. The highest BCUT2D eigenvalue weighted by Gasteiger charge is 2.07. The molecule has 21 heavy (non-hydrogen) atoms. The van der Waals surface area contributed by atoms with Crippen LogP contribution in [-0.2, 0) is 17.8 Å². The van der Waals surface area contributed by atoms with Gasteiger partial charge in [0, 0.05) is 23.2 Å². The number of nitro groups is 1. The molecule has 0 saturated heterocycles. The minimum Gasteiger partial charge on any atom is -0.352 e. The predicted octanol–water partition coefficient (Wildman–Crippen LogP) is 3.22. The van der Waals surface area contributed by atoms with Crippen molar-refractivity contribution in [1.82, 2.24) is 5.32 Å². The molecule has 0 fully saturated rings. The average molecular weight is 349 g/mol. The van der Waals surface area contributed by atoms with Crippen LogP contribution in [0.5, 0.6) is 0 Å². The van der Waals surface area contributed by atoms with Crippen molar-refractivity contribution in [2.45, 2.75) is 13.0 Å². The molecule has 108 valence electrons. The van der Waals surface area contributed by atoms with Crippen LogP contribution in [0, 0.1) is 10.1 Å². The predicted molar refractivity (Wildman–Crippen MR) is 82.8 cm³/mol. The smallest absolute Gasteiger partial charge is 0.269 e. The zero-order valence-corrected chi connectivity index (χ0v) is 12.7. The molecule has 0 aliphatic heterocycles. The summed E-state index contributed by atoms with van der Waals surface area (Å²) in [5, 5.41) is 13.4. The van der Waals surface area contributed by atoms with E-state index in [9.17, 15) is 14.9 Å². The number of hydrogen-bond acceptors (Lipinski definition) is 3. The van der Waals surface area contributed by atoms with Crippen molar-refractivity contribution in [3.05, 3.63) is 74.2 Å². The maximum Gasteiger partial charge on any atom is 0.269 e. The molecule has 1 amide bonds. The number of hydrogen-bond donors (Lipinski definition) is 1. The maximum absolute atomic E-state index is 11.8. The molecule has 6 heteroatoms. The summed E-state index contributed by atoms with van der Waals surface area (Å²) in [4.78, 5) is 21.9. The van der Waals surface area contributed by atoms with E-state index in [1.165, 1.54) is 12.1 Å². The number of carbonyl (C=O) groups excluding carboxylic acids is 1. The topological polar surface area (TPSA) is 72.2 Å². The van der Waals surface area contributed by atoms with Crippen molar-refractivity contribution in [1.29, 1.82) is 0 Å². The Balaban J connectivity index is 1.86. The summed E-state index contributed by atoms with van der Waals surface area (Å²) in [7, 11) is 0. The van der Waals surface area contributed by atoms with Crippen LogP contribution in [0.4, 0.5) is 5.69 Å². The van der Waals surface area contributed by atoms with Gasteiger partial charge in [0.25, 0.3) is 5.69 Å². The first-order valence-electron chi connectivity index (χ1n) is 6.29. The Hall–Kier alpha value is -2.21. The van der Waals surface area contributed by atoms with Crippen molar-refractivity contribution >= 4 is 27.5 Å². The second kappa shape index (κ2) is 6.99. The lowest BCUT2D eigenvalue weighted by atomic mass is 10.1. The normalized spacial score (nSPS) is 10.1. The summed E-state index contributed by atoms with van der Waals surface area (Å²) >= 11 is 3.35. The summed E-state index contributed by atoms with van der Waals surface area (Å²) < 4.78 is 0.989. The molecule has 0 heterocycles. The third kappa shape index (κ3) is 4.68. The van der Waals surface area contributed by atoms with Crippen molar-refractivity contribution in [2.75, 3.05) is 0 Å². The molecule has 0 saturated carbocycles. The molecular weight excluding hydrogens is 336 g/mol. The van der Waals surface area contributed by atoms with Gasteiger partial charge in [-0.3, -0.25) is 14.9 Å². The minimum atomic E-state index is -0.461. The Morgan fingerprint density at radius 1 is 1.05 bits per heavy atom. The number of amides is 1. The second-order valence-corrected chi connectivity index (χ2v) is 5.42. The van der Waals surface area contributed by atoms with Gasteiger partial charge >= 0.3 is 0 Å². The first-order valence-corrected chi connectivity index (χ1v) is 7.08. The molecule has 0 aromatic heterocycles. The highest BCUT2D eigenvalue weighted by molar-refractivity contribution is 9.10. The monoisotopic (exact) mass is 348 g/mol. The number of nitro benzene ring substituents is 1. The summed E-state index contributed by atoms with van der Waals surface area (Å²) in [5.74, 6) is -0.119. The Morgan fingerprint density at radius 2 is 1.62 bits per heavy atom. The molecule has 2 aromatic rings. The fourth-order valence-electron chi connectivity index (χ4n) is 1.79. The van der Waals surface area contributed by atoms with Gasteiger partial charge in [0.1, 0.15) is 0 Å². The largest absolute Gasteiger partial charge is 0.352 e. The van der Waals surface area contributed by atoms with Gasteiger partial charge in [0.2, 0.25) is 5.91 Å². The van der Waals surface area contributed by atoms with Crippen LogP contribution >= 0.6 is 15.9 Å². The Kier molecular flexibility index (Phi) is 5.05. The first-order chi connectivity index (χ1) is 10.0. The van der Waals surface area contributed by atoms with E-state index in [-0.39, 0.29) is 18.0 Å². The summed E-state index contributed by atoms with van der Waals surface area (Å²) in [5.41, 5.74) is 1.78. The third-order valence-corrected chi connectivity index (χ3v) is 3.44. The van der Waals surface area contributed by atoms with Crippen LogP contribution < -0.4 is 5.32 Å². The molecule has 0 unspecified atom stereocenters. The van der Waals surface area contributed by atoms with Gasteiger partial charge < -0.3 is 5.32 Å². The number of non-ortho nitro benzene ring substituents is 1. The number of nitrogens with one attached hydrogen (secondary N) is 1. The fraction of sp³-hybridized carbons (Fsp3) is 0.133. The summed E-state index contributed by atoms with van der Waals surface area (Å²) in [6.45, 7) is 0.457. The zero-order chi connectivity index (χ0) is 15.2. The fourth-order valence-corrected chi connectivity index (χ4v) is 2.05. The van der Waals surface area contributed by atoms with Gasteiger partial charge in [-0.25, -0.2) is 0 Å². The van der Waals surface area contributed by atoms with E-state index >= 15 is 0 Å². The lowest BCUT2D eigenvalue weighted by molar-refractivity contribution is -0.384. The quantitative estimate of drug-likeness (QED) is 0.665. The Labute approximate surface area is 130 Å². The number of nitrogens with zero attached hydrogens (tertiary/aromatic N) is 1. The van der Waals surface area contributed by atoms with Gasteiger partial charge in [-0.1, -0.05) is 40.2 Å². The van der Waals surface area contributed by atoms with Gasteiger partial charge in [0.05, 0.1) is 11.3 Å². The van der Waals surface area contributed by atoms with Crippen LogP contribution in [0.15, 0.2) is 53.0 Å². The second-order valence-electron chi connectivity index (χ2n) is 4.50. The Morgan fingerprint density at radius 3 is 2.19 bits per heavy atom. The van der Waals surface area contributed by atoms with Crippen molar-refractivity contribution in [3.63, 3.8) is 0 Å². The summed E-state index contributed by atoms with van der Waals surface area (Å²) in [6.07, 6.45) is 0.203. The van der Waals surface area contributed by atoms with Crippen molar-refractivity contribution in [2.24, 2.45) is 0 Å². The summed E-state index contributed by atoms with van der Waals surface area (Å²) in [6, 6.07) is 13.7. The Bertz CT molecular complexity index is 639. The average Bonchev–Trinajstić information content (AvgIpc) is 2.47.